The van der Waals surface area contributed by atoms with Gasteiger partial charge in [-0.25, -0.2) is 0 Å². The van der Waals surface area contributed by atoms with Crippen LogP contribution in [0.4, 0.5) is 5.82 Å². The predicted molar refractivity (Wildman–Crippen MR) is 71.5 cm³/mol. The van der Waals surface area contributed by atoms with Gasteiger partial charge in [0.2, 0.25) is 5.91 Å². The molecule has 1 amide bonds. The average molecular weight is 247 g/mol. The summed E-state index contributed by atoms with van der Waals surface area (Å²) in [6, 6.07) is 4.34. The molecule has 18 heavy (non-hydrogen) atoms. The molecule has 1 saturated carbocycles. The van der Waals surface area contributed by atoms with Gasteiger partial charge in [-0.05, 0) is 50.8 Å². The molecule has 3 unspecified atom stereocenters. The lowest BCUT2D eigenvalue weighted by molar-refractivity contribution is -0.120. The molecule has 2 N–H and O–H groups in total. The molecule has 1 saturated heterocycles. The third-order valence-electron chi connectivity index (χ3n) is 4.50. The van der Waals surface area contributed by atoms with Crippen molar-refractivity contribution >= 4 is 11.7 Å². The number of aromatic amines is 1. The lowest BCUT2D eigenvalue weighted by Gasteiger charge is -2.30. The molecular formula is C14H21N3O. The van der Waals surface area contributed by atoms with E-state index in [4.69, 9.17) is 0 Å². The average Bonchev–Trinajstić information content (AvgIpc) is 3.01. The molecule has 0 spiro atoms. The molecule has 98 valence electrons. The highest BCUT2D eigenvalue weighted by Gasteiger charge is 2.41. The van der Waals surface area contributed by atoms with Gasteiger partial charge >= 0.3 is 0 Å². The van der Waals surface area contributed by atoms with Crippen molar-refractivity contribution in [1.82, 2.24) is 10.3 Å². The molecule has 0 radical (unpaired) electrons. The summed E-state index contributed by atoms with van der Waals surface area (Å²) in [6.45, 7) is 0. The highest BCUT2D eigenvalue weighted by Crippen LogP contribution is 2.38. The van der Waals surface area contributed by atoms with E-state index in [1.807, 2.05) is 30.3 Å². The van der Waals surface area contributed by atoms with Crippen LogP contribution in [0.2, 0.25) is 0 Å². The molecule has 3 rings (SSSR count). The molecule has 4 heteroatoms. The summed E-state index contributed by atoms with van der Waals surface area (Å²) in [6.07, 6.45) is 7.69. The fourth-order valence-corrected chi connectivity index (χ4v) is 3.57. The van der Waals surface area contributed by atoms with Gasteiger partial charge in [0.1, 0.15) is 5.82 Å². The van der Waals surface area contributed by atoms with E-state index in [0.29, 0.717) is 12.0 Å². The summed E-state index contributed by atoms with van der Waals surface area (Å²) in [5.41, 5.74) is 0. The first kappa shape index (κ1) is 11.8. The number of anilines is 1. The largest absolute Gasteiger partial charge is 0.348 e. The maximum atomic E-state index is 12.7. The number of likely N-dealkylation sites (N-methyl/N-ethyl adjacent to an activating group) is 1. The number of hydrogen-bond donors (Lipinski definition) is 2. The zero-order chi connectivity index (χ0) is 12.5. The monoisotopic (exact) mass is 247 g/mol. The fraction of sp³-hybridized carbons (Fsp3) is 0.643. The minimum Gasteiger partial charge on any atom is -0.348 e. The number of amides is 1. The smallest absolute Gasteiger partial charge is 0.245 e. The number of nitrogens with zero attached hydrogens (tertiary/aromatic N) is 1. The third kappa shape index (κ3) is 1.85. The van der Waals surface area contributed by atoms with Crippen LogP contribution in [-0.2, 0) is 4.79 Å². The number of carbonyl (C=O) groups is 1. The maximum Gasteiger partial charge on any atom is 0.245 e. The zero-order valence-corrected chi connectivity index (χ0v) is 10.9. The zero-order valence-electron chi connectivity index (χ0n) is 10.9. The van der Waals surface area contributed by atoms with Crippen LogP contribution in [0, 0.1) is 5.92 Å². The minimum atomic E-state index is -0.0288. The van der Waals surface area contributed by atoms with Crippen LogP contribution in [0.15, 0.2) is 18.3 Å². The molecule has 1 aromatic heterocycles. The SMILES string of the molecule is CNC1CCC2CCCC2N(c2ccc[nH]2)C1=O. The van der Waals surface area contributed by atoms with E-state index in [-0.39, 0.29) is 11.9 Å². The first-order valence-corrected chi connectivity index (χ1v) is 6.95. The molecule has 2 aliphatic rings. The van der Waals surface area contributed by atoms with Crippen molar-refractivity contribution in [3.8, 4) is 0 Å². The lowest BCUT2D eigenvalue weighted by atomic mass is 9.97. The van der Waals surface area contributed by atoms with Crippen molar-refractivity contribution in [3.63, 3.8) is 0 Å². The van der Waals surface area contributed by atoms with E-state index in [1.165, 1.54) is 19.3 Å². The molecule has 1 aliphatic carbocycles. The van der Waals surface area contributed by atoms with Crippen molar-refractivity contribution in [1.29, 1.82) is 0 Å². The predicted octanol–water partition coefficient (Wildman–Crippen LogP) is 1.90. The molecule has 4 nitrogen and oxygen atoms in total. The molecule has 2 heterocycles. The van der Waals surface area contributed by atoms with Gasteiger partial charge in [-0.15, -0.1) is 0 Å². The van der Waals surface area contributed by atoms with Crippen LogP contribution in [0.1, 0.15) is 32.1 Å². The Hall–Kier alpha value is -1.29. The molecule has 0 aromatic carbocycles. The molecule has 1 aliphatic heterocycles. The van der Waals surface area contributed by atoms with Crippen LogP contribution >= 0.6 is 0 Å². The number of H-pyrrole nitrogens is 1. The second-order valence-corrected chi connectivity index (χ2v) is 5.44. The van der Waals surface area contributed by atoms with Crippen molar-refractivity contribution in [2.75, 3.05) is 11.9 Å². The highest BCUT2D eigenvalue weighted by atomic mass is 16.2. The lowest BCUT2D eigenvalue weighted by Crippen LogP contribution is -2.48. The Morgan fingerprint density at radius 1 is 1.33 bits per heavy atom. The fourth-order valence-electron chi connectivity index (χ4n) is 3.57. The van der Waals surface area contributed by atoms with Gasteiger partial charge in [-0.2, -0.15) is 0 Å². The summed E-state index contributed by atoms with van der Waals surface area (Å²) in [5.74, 6) is 1.86. The summed E-state index contributed by atoms with van der Waals surface area (Å²) in [4.78, 5) is 17.9. The quantitative estimate of drug-likeness (QED) is 0.838. The number of carbonyl (C=O) groups excluding carboxylic acids is 1. The van der Waals surface area contributed by atoms with Gasteiger partial charge in [-0.1, -0.05) is 6.42 Å². The van der Waals surface area contributed by atoms with Crippen molar-refractivity contribution in [2.45, 2.75) is 44.2 Å². The number of hydrogen-bond acceptors (Lipinski definition) is 2. The van der Waals surface area contributed by atoms with E-state index in [1.54, 1.807) is 0 Å². The number of aromatic nitrogens is 1. The second kappa shape index (κ2) is 4.76. The van der Waals surface area contributed by atoms with Gasteiger partial charge in [-0.3, -0.25) is 9.69 Å². The van der Waals surface area contributed by atoms with E-state index in [2.05, 4.69) is 10.3 Å². The Labute approximate surface area is 108 Å². The van der Waals surface area contributed by atoms with Crippen molar-refractivity contribution in [3.05, 3.63) is 18.3 Å². The van der Waals surface area contributed by atoms with Gasteiger partial charge in [0.25, 0.3) is 0 Å². The summed E-state index contributed by atoms with van der Waals surface area (Å²) in [7, 11) is 1.89. The van der Waals surface area contributed by atoms with Gasteiger partial charge in [0.15, 0.2) is 0 Å². The summed E-state index contributed by atoms with van der Waals surface area (Å²) < 4.78 is 0. The van der Waals surface area contributed by atoms with Crippen LogP contribution in [0.3, 0.4) is 0 Å². The molecular weight excluding hydrogens is 226 g/mol. The Balaban J connectivity index is 1.96. The van der Waals surface area contributed by atoms with Gasteiger partial charge in [0, 0.05) is 12.2 Å². The van der Waals surface area contributed by atoms with E-state index in [0.717, 1.165) is 18.7 Å². The number of fused-ring (bicyclic) bond motifs is 1. The van der Waals surface area contributed by atoms with Crippen LogP contribution in [0.25, 0.3) is 0 Å². The summed E-state index contributed by atoms with van der Waals surface area (Å²) >= 11 is 0. The Bertz CT molecular complexity index is 415. The Kier molecular flexibility index (Phi) is 3.12. The minimum absolute atomic E-state index is 0.0288. The van der Waals surface area contributed by atoms with E-state index >= 15 is 0 Å². The maximum absolute atomic E-state index is 12.7. The van der Waals surface area contributed by atoms with Crippen LogP contribution in [-0.4, -0.2) is 30.0 Å². The first-order valence-electron chi connectivity index (χ1n) is 6.95. The number of rotatable bonds is 2. The van der Waals surface area contributed by atoms with E-state index < -0.39 is 0 Å². The molecule has 2 fully saturated rings. The molecule has 0 bridgehead atoms. The normalized spacial score (nSPS) is 32.4. The van der Waals surface area contributed by atoms with E-state index in [9.17, 15) is 4.79 Å². The molecule has 3 atom stereocenters. The second-order valence-electron chi connectivity index (χ2n) is 5.44. The first-order chi connectivity index (χ1) is 8.81. The summed E-state index contributed by atoms with van der Waals surface area (Å²) in [5, 5.41) is 3.17. The Morgan fingerprint density at radius 2 is 2.22 bits per heavy atom. The highest BCUT2D eigenvalue weighted by molar-refractivity contribution is 5.97. The van der Waals surface area contributed by atoms with Crippen LogP contribution < -0.4 is 10.2 Å². The Morgan fingerprint density at radius 3 is 2.94 bits per heavy atom. The third-order valence-corrected chi connectivity index (χ3v) is 4.50. The van der Waals surface area contributed by atoms with Gasteiger partial charge in [0.05, 0.1) is 6.04 Å². The van der Waals surface area contributed by atoms with Crippen LogP contribution in [0.5, 0.6) is 0 Å². The van der Waals surface area contributed by atoms with Crippen molar-refractivity contribution < 1.29 is 4.79 Å². The van der Waals surface area contributed by atoms with Crippen molar-refractivity contribution in [2.24, 2.45) is 5.92 Å². The number of nitrogens with one attached hydrogen (secondary N) is 2. The standard InChI is InChI=1S/C14H21N3O/c1-15-11-8-7-10-4-2-5-12(10)17(14(11)18)13-6-3-9-16-13/h3,6,9-12,15-16H,2,4-5,7-8H2,1H3. The topological polar surface area (TPSA) is 48.1 Å². The molecule has 1 aromatic rings. The van der Waals surface area contributed by atoms with Gasteiger partial charge < -0.3 is 10.3 Å².